The maximum Gasteiger partial charge on any atom is 0.191 e. The summed E-state index contributed by atoms with van der Waals surface area (Å²) in [6, 6.07) is 10.6. The summed E-state index contributed by atoms with van der Waals surface area (Å²) in [7, 11) is 4.30. The maximum absolute atomic E-state index is 5.55. The lowest BCUT2D eigenvalue weighted by molar-refractivity contribution is -0.00254. The molecule has 1 aromatic carbocycles. The molecule has 2 N–H and O–H groups in total. The number of ether oxygens (including phenoxy) is 1. The molecule has 1 heterocycles. The Morgan fingerprint density at radius 1 is 1.20 bits per heavy atom. The number of hydrogen-bond acceptors (Lipinski definition) is 3. The van der Waals surface area contributed by atoms with E-state index in [9.17, 15) is 0 Å². The summed E-state index contributed by atoms with van der Waals surface area (Å²) in [6.07, 6.45) is 2.06. The molecular weight excluding hydrogens is 312 g/mol. The van der Waals surface area contributed by atoms with Crippen molar-refractivity contribution in [3.63, 3.8) is 0 Å². The van der Waals surface area contributed by atoms with Gasteiger partial charge in [-0.05, 0) is 45.3 Å². The molecule has 0 radical (unpaired) electrons. The van der Waals surface area contributed by atoms with Crippen LogP contribution in [0.15, 0.2) is 35.3 Å². The zero-order chi connectivity index (χ0) is 18.1. The standard InChI is InChI=1S/C20H34N4O/c1-5-21-19(22-15-17(2)18-9-7-6-8-10-18)23-16-20(24(3)4)11-13-25-14-12-20/h6-10,17H,5,11-16H2,1-4H3,(H2,21,22,23). The van der Waals surface area contributed by atoms with E-state index < -0.39 is 0 Å². The Labute approximate surface area is 152 Å². The number of likely N-dealkylation sites (N-methyl/N-ethyl adjacent to an activating group) is 1. The van der Waals surface area contributed by atoms with Crippen molar-refractivity contribution in [1.29, 1.82) is 0 Å². The van der Waals surface area contributed by atoms with Gasteiger partial charge in [0.2, 0.25) is 0 Å². The van der Waals surface area contributed by atoms with Crippen molar-refractivity contribution >= 4 is 5.96 Å². The van der Waals surface area contributed by atoms with E-state index in [0.717, 1.165) is 51.6 Å². The van der Waals surface area contributed by atoms with E-state index in [1.54, 1.807) is 0 Å². The molecule has 0 amide bonds. The summed E-state index contributed by atoms with van der Waals surface area (Å²) in [5.74, 6) is 1.34. The molecule has 5 nitrogen and oxygen atoms in total. The normalized spacial score (nSPS) is 18.8. The van der Waals surface area contributed by atoms with Crippen LogP contribution < -0.4 is 10.6 Å². The van der Waals surface area contributed by atoms with E-state index in [-0.39, 0.29) is 5.54 Å². The highest BCUT2D eigenvalue weighted by atomic mass is 16.5. The molecule has 0 aromatic heterocycles. The van der Waals surface area contributed by atoms with Crippen molar-refractivity contribution in [2.45, 2.75) is 38.1 Å². The van der Waals surface area contributed by atoms with Gasteiger partial charge in [-0.3, -0.25) is 4.99 Å². The van der Waals surface area contributed by atoms with Crippen LogP contribution in [0.3, 0.4) is 0 Å². The van der Waals surface area contributed by atoms with Crippen LogP contribution in [-0.2, 0) is 4.74 Å². The molecule has 1 unspecified atom stereocenters. The molecule has 0 aliphatic carbocycles. The molecule has 1 atom stereocenters. The zero-order valence-corrected chi connectivity index (χ0v) is 16.2. The average molecular weight is 347 g/mol. The van der Waals surface area contributed by atoms with Crippen LogP contribution in [0, 0.1) is 0 Å². The minimum Gasteiger partial charge on any atom is -0.381 e. The Bertz CT molecular complexity index is 524. The fraction of sp³-hybridized carbons (Fsp3) is 0.650. The molecule has 2 rings (SSSR count). The van der Waals surface area contributed by atoms with Crippen LogP contribution in [0.2, 0.25) is 0 Å². The fourth-order valence-corrected chi connectivity index (χ4v) is 3.22. The molecular formula is C20H34N4O. The quantitative estimate of drug-likeness (QED) is 0.588. The highest BCUT2D eigenvalue weighted by molar-refractivity contribution is 5.79. The number of nitrogens with one attached hydrogen (secondary N) is 2. The second kappa shape index (κ2) is 9.78. The molecule has 0 spiro atoms. The van der Waals surface area contributed by atoms with Gasteiger partial charge in [0, 0.05) is 31.8 Å². The smallest absolute Gasteiger partial charge is 0.191 e. The van der Waals surface area contributed by atoms with Crippen molar-refractivity contribution < 1.29 is 4.74 Å². The number of nitrogens with zero attached hydrogens (tertiary/aromatic N) is 2. The molecule has 140 valence electrons. The van der Waals surface area contributed by atoms with Gasteiger partial charge in [-0.25, -0.2) is 0 Å². The predicted molar refractivity (Wildman–Crippen MR) is 105 cm³/mol. The minimum atomic E-state index is 0.103. The highest BCUT2D eigenvalue weighted by Gasteiger charge is 2.34. The third-order valence-electron chi connectivity index (χ3n) is 5.19. The zero-order valence-electron chi connectivity index (χ0n) is 16.2. The first-order chi connectivity index (χ1) is 12.1. The van der Waals surface area contributed by atoms with E-state index in [1.807, 2.05) is 0 Å². The number of aliphatic imine (C=N–C) groups is 1. The molecule has 1 fully saturated rings. The summed E-state index contributed by atoms with van der Waals surface area (Å²) in [5.41, 5.74) is 1.45. The Balaban J connectivity index is 1.97. The lowest BCUT2D eigenvalue weighted by Crippen LogP contribution is -2.51. The molecule has 1 aliphatic heterocycles. The summed E-state index contributed by atoms with van der Waals surface area (Å²) in [6.45, 7) is 8.51. The number of rotatable bonds is 7. The van der Waals surface area contributed by atoms with Gasteiger partial charge in [-0.2, -0.15) is 0 Å². The SMILES string of the molecule is CCNC(=NCC1(N(C)C)CCOCC1)NCC(C)c1ccccc1. The first kappa shape index (κ1) is 19.7. The maximum atomic E-state index is 5.55. The molecule has 0 bridgehead atoms. The van der Waals surface area contributed by atoms with E-state index in [4.69, 9.17) is 9.73 Å². The minimum absolute atomic E-state index is 0.103. The first-order valence-electron chi connectivity index (χ1n) is 9.40. The molecule has 0 saturated carbocycles. The Morgan fingerprint density at radius 3 is 2.48 bits per heavy atom. The largest absolute Gasteiger partial charge is 0.381 e. The van der Waals surface area contributed by atoms with E-state index in [2.05, 4.69) is 73.8 Å². The topological polar surface area (TPSA) is 48.9 Å². The average Bonchev–Trinajstić information content (AvgIpc) is 2.65. The Kier molecular flexibility index (Phi) is 7.72. The third-order valence-corrected chi connectivity index (χ3v) is 5.19. The van der Waals surface area contributed by atoms with Gasteiger partial charge in [0.25, 0.3) is 0 Å². The number of guanidine groups is 1. The van der Waals surface area contributed by atoms with Crippen LogP contribution in [0.25, 0.3) is 0 Å². The summed E-state index contributed by atoms with van der Waals surface area (Å²) in [4.78, 5) is 7.21. The van der Waals surface area contributed by atoms with Crippen LogP contribution in [0.1, 0.15) is 38.2 Å². The van der Waals surface area contributed by atoms with Crippen molar-refractivity contribution in [1.82, 2.24) is 15.5 Å². The monoisotopic (exact) mass is 346 g/mol. The van der Waals surface area contributed by atoms with Gasteiger partial charge >= 0.3 is 0 Å². The summed E-state index contributed by atoms with van der Waals surface area (Å²) < 4.78 is 5.55. The fourth-order valence-electron chi connectivity index (χ4n) is 3.22. The molecule has 25 heavy (non-hydrogen) atoms. The Morgan fingerprint density at radius 2 is 1.88 bits per heavy atom. The highest BCUT2D eigenvalue weighted by Crippen LogP contribution is 2.26. The number of benzene rings is 1. The van der Waals surface area contributed by atoms with Gasteiger partial charge in [-0.1, -0.05) is 37.3 Å². The van der Waals surface area contributed by atoms with Crippen molar-refractivity contribution in [3.05, 3.63) is 35.9 Å². The van der Waals surface area contributed by atoms with Crippen molar-refractivity contribution in [2.75, 3.05) is 46.9 Å². The van der Waals surface area contributed by atoms with Crippen LogP contribution in [0.5, 0.6) is 0 Å². The van der Waals surface area contributed by atoms with Crippen molar-refractivity contribution in [2.24, 2.45) is 4.99 Å². The van der Waals surface area contributed by atoms with Crippen LogP contribution >= 0.6 is 0 Å². The molecule has 1 aliphatic rings. The first-order valence-corrected chi connectivity index (χ1v) is 9.40. The van der Waals surface area contributed by atoms with E-state index in [0.29, 0.717) is 5.92 Å². The molecule has 1 saturated heterocycles. The third kappa shape index (κ3) is 5.72. The summed E-state index contributed by atoms with van der Waals surface area (Å²) >= 11 is 0. The van der Waals surface area contributed by atoms with Crippen LogP contribution in [-0.4, -0.2) is 63.3 Å². The van der Waals surface area contributed by atoms with Gasteiger partial charge in [0.05, 0.1) is 6.54 Å². The van der Waals surface area contributed by atoms with Crippen molar-refractivity contribution in [3.8, 4) is 0 Å². The van der Waals surface area contributed by atoms with Crippen LogP contribution in [0.4, 0.5) is 0 Å². The van der Waals surface area contributed by atoms with Gasteiger partial charge in [0.1, 0.15) is 0 Å². The van der Waals surface area contributed by atoms with E-state index >= 15 is 0 Å². The van der Waals surface area contributed by atoms with Gasteiger partial charge in [-0.15, -0.1) is 0 Å². The predicted octanol–water partition coefficient (Wildman–Crippen LogP) is 2.46. The summed E-state index contributed by atoms with van der Waals surface area (Å²) in [5, 5.41) is 6.88. The van der Waals surface area contributed by atoms with Gasteiger partial charge < -0.3 is 20.3 Å². The molecule has 1 aromatic rings. The second-order valence-electron chi connectivity index (χ2n) is 7.12. The van der Waals surface area contributed by atoms with E-state index in [1.165, 1.54) is 5.56 Å². The molecule has 5 heteroatoms. The van der Waals surface area contributed by atoms with Gasteiger partial charge in [0.15, 0.2) is 5.96 Å². The Hall–Kier alpha value is -1.59. The number of hydrogen-bond donors (Lipinski definition) is 2. The second-order valence-corrected chi connectivity index (χ2v) is 7.12. The lowest BCUT2D eigenvalue weighted by Gasteiger charge is -2.41. The lowest BCUT2D eigenvalue weighted by atomic mass is 9.89.